The molecule has 2 heteroatoms. The third-order valence-corrected chi connectivity index (χ3v) is 29.8. The summed E-state index contributed by atoms with van der Waals surface area (Å²) in [5.74, 6) is 3.53. The molecular formula is C104H102N2. The minimum atomic E-state index is -0.290. The number of nitrogens with zero attached hydrogens (tertiary/aromatic N) is 2. The second kappa shape index (κ2) is 23.5. The molecule has 9 atom stereocenters. The number of anilines is 6. The molecule has 0 aromatic heterocycles. The predicted molar refractivity (Wildman–Crippen MR) is 445 cm³/mol. The van der Waals surface area contributed by atoms with Gasteiger partial charge in [0, 0.05) is 71.9 Å². The highest BCUT2D eigenvalue weighted by Gasteiger charge is 2.63. The van der Waals surface area contributed by atoms with E-state index in [1.807, 2.05) is 0 Å². The predicted octanol–water partition coefficient (Wildman–Crippen LogP) is 27.6. The first kappa shape index (κ1) is 66.0. The van der Waals surface area contributed by atoms with E-state index in [4.69, 9.17) is 0 Å². The van der Waals surface area contributed by atoms with Crippen molar-refractivity contribution in [2.75, 3.05) is 9.80 Å². The SMILES string of the molecule is CC[C@@H]1C[C@H]2C[C@H](C)CC1(c1cccc3cc(N(c4ccc5c(c4)C(C)(C)c4ccccc4-5)c4ccc5c(c4)C(C)(C)c4ccccc4C54[C@@H]5CCC[C@H]4CC(C)C5)ccc13)CC21c2ccccc2C(C)(C)c2cc(N(c3ccc4c(c3)C(C)(C)c3ccccc3-4)c3ccccc3-c3ccccc3)ccc21. The van der Waals surface area contributed by atoms with Crippen LogP contribution in [0.4, 0.5) is 34.1 Å². The van der Waals surface area contributed by atoms with Crippen molar-refractivity contribution in [3.63, 3.8) is 0 Å². The first-order valence-electron chi connectivity index (χ1n) is 40.5. The van der Waals surface area contributed by atoms with Crippen molar-refractivity contribution >= 4 is 44.9 Å². The second-order valence-corrected chi connectivity index (χ2v) is 36.5. The molecule has 106 heavy (non-hydrogen) atoms. The summed E-state index contributed by atoms with van der Waals surface area (Å²) in [6.07, 6.45) is 12.4. The van der Waals surface area contributed by atoms with Crippen LogP contribution in [0.1, 0.15) is 213 Å². The maximum Gasteiger partial charge on any atom is 0.0540 e. The van der Waals surface area contributed by atoms with Crippen LogP contribution in [0.5, 0.6) is 0 Å². The molecule has 0 N–H and O–H groups in total. The van der Waals surface area contributed by atoms with Gasteiger partial charge in [0.15, 0.2) is 0 Å². The summed E-state index contributed by atoms with van der Waals surface area (Å²) < 4.78 is 0. The van der Waals surface area contributed by atoms with Gasteiger partial charge in [0.1, 0.15) is 0 Å². The Morgan fingerprint density at radius 3 is 1.39 bits per heavy atom. The van der Waals surface area contributed by atoms with E-state index in [1.54, 1.807) is 27.8 Å². The first-order chi connectivity index (χ1) is 51.3. The molecular weight excluding hydrogens is 1280 g/mol. The molecule has 9 aliphatic rings. The van der Waals surface area contributed by atoms with Gasteiger partial charge in [-0.05, 0) is 265 Å². The van der Waals surface area contributed by atoms with Gasteiger partial charge in [-0.2, -0.15) is 0 Å². The van der Waals surface area contributed by atoms with E-state index in [2.05, 4.69) is 347 Å². The highest BCUT2D eigenvalue weighted by atomic mass is 15.2. The summed E-state index contributed by atoms with van der Waals surface area (Å²) in [7, 11) is 0. The van der Waals surface area contributed by atoms with Crippen molar-refractivity contribution in [3.05, 3.63) is 333 Å². The van der Waals surface area contributed by atoms with E-state index in [0.717, 1.165) is 18.8 Å². The number of fused-ring (bicyclic) bond motifs is 14. The van der Waals surface area contributed by atoms with Crippen molar-refractivity contribution in [3.8, 4) is 33.4 Å². The molecule has 0 aliphatic heterocycles. The maximum absolute atomic E-state index is 2.68. The molecule has 0 radical (unpaired) electrons. The molecule has 12 aromatic carbocycles. The van der Waals surface area contributed by atoms with Gasteiger partial charge in [0.05, 0.1) is 5.69 Å². The molecule has 4 bridgehead atoms. The Morgan fingerprint density at radius 2 is 0.764 bits per heavy atom. The van der Waals surface area contributed by atoms with E-state index in [1.165, 1.54) is 174 Å². The zero-order chi connectivity index (χ0) is 72.2. The van der Waals surface area contributed by atoms with Gasteiger partial charge < -0.3 is 9.80 Å². The third-order valence-electron chi connectivity index (χ3n) is 29.8. The molecule has 0 heterocycles. The largest absolute Gasteiger partial charge is 0.310 e. The molecule has 21 rings (SSSR count). The van der Waals surface area contributed by atoms with Crippen LogP contribution in [-0.2, 0) is 37.9 Å². The van der Waals surface area contributed by atoms with Gasteiger partial charge in [-0.3, -0.25) is 0 Å². The standard InChI is InChI=1S/C104H102N2/c1-12-69-58-72-56-66(3)63-102(69,64-103(72)89-40-23-21-38-87(89)100(8,9)95-62-77(47-52-90(95)103)106(97-43-25-18-33-79(97)67-28-14-13-15-29-67)76-46-51-83-81-35-17-20-37-85(81)99(6,7)94(83)60-76)86-42-26-30-68-57-73(44-49-78(68)86)105(74-45-50-82-80-34-16-19-36-84(80)98(4,5)93(82)59-74)75-48-53-92-96(61-75)101(10,11)88-39-22-24-41-91(88)104(92)70-31-27-32-71(104)55-65(2)54-70/h13-26,28-30,33-53,57,59-62,65-66,69-72H,12,27,31-32,54-56,58,63-64H2,1-11H3/t65?,66-,69+,70-,71+,72+,102?,103?,104?/m0/s1. The van der Waals surface area contributed by atoms with Crippen LogP contribution in [0.15, 0.2) is 261 Å². The highest BCUT2D eigenvalue weighted by Crippen LogP contribution is 2.70. The fourth-order valence-corrected chi connectivity index (χ4v) is 25.3. The molecule has 12 aromatic rings. The zero-order valence-electron chi connectivity index (χ0n) is 64.3. The van der Waals surface area contributed by atoms with Crippen LogP contribution in [-0.4, -0.2) is 0 Å². The summed E-state index contributed by atoms with van der Waals surface area (Å²) in [6, 6.07) is 104. The molecule has 5 fully saturated rings. The number of hydrogen-bond donors (Lipinski definition) is 0. The lowest BCUT2D eigenvalue weighted by Gasteiger charge is -2.60. The Balaban J connectivity index is 0.756. The van der Waals surface area contributed by atoms with Crippen molar-refractivity contribution in [2.45, 2.75) is 178 Å². The quantitative estimate of drug-likeness (QED) is 0.142. The van der Waals surface area contributed by atoms with Crippen LogP contribution < -0.4 is 9.80 Å². The molecule has 5 saturated carbocycles. The van der Waals surface area contributed by atoms with E-state index >= 15 is 0 Å². The van der Waals surface area contributed by atoms with Crippen LogP contribution in [0.2, 0.25) is 0 Å². The number of benzene rings is 12. The van der Waals surface area contributed by atoms with E-state index < -0.39 is 0 Å². The minimum absolute atomic E-state index is 0.0217. The molecule has 2 spiro atoms. The Bertz CT molecular complexity index is 5570. The Hall–Kier alpha value is -9.50. The van der Waals surface area contributed by atoms with E-state index in [9.17, 15) is 0 Å². The first-order valence-corrected chi connectivity index (χ1v) is 40.5. The van der Waals surface area contributed by atoms with Gasteiger partial charge >= 0.3 is 0 Å². The van der Waals surface area contributed by atoms with Crippen molar-refractivity contribution in [1.29, 1.82) is 0 Å². The fourth-order valence-electron chi connectivity index (χ4n) is 25.3. The number of para-hydroxylation sites is 1. The molecule has 0 amide bonds. The number of rotatable bonds is 9. The Labute approximate surface area is 631 Å². The summed E-state index contributed by atoms with van der Waals surface area (Å²) in [6.45, 7) is 27.6. The highest BCUT2D eigenvalue weighted by molar-refractivity contribution is 5.95. The third kappa shape index (κ3) is 9.09. The summed E-state index contributed by atoms with van der Waals surface area (Å²) in [5, 5.41) is 2.74. The molecule has 528 valence electrons. The zero-order valence-corrected chi connectivity index (χ0v) is 64.3. The smallest absolute Gasteiger partial charge is 0.0540 e. The Kier molecular flexibility index (Phi) is 14.6. The van der Waals surface area contributed by atoms with Crippen LogP contribution in [0.25, 0.3) is 44.2 Å². The van der Waals surface area contributed by atoms with Crippen molar-refractivity contribution in [2.24, 2.45) is 35.5 Å². The Morgan fingerprint density at radius 1 is 0.330 bits per heavy atom. The fraction of sp³-hybridized carbons (Fsp3) is 0.327. The van der Waals surface area contributed by atoms with Gasteiger partial charge in [0.25, 0.3) is 0 Å². The maximum atomic E-state index is 2.68. The molecule has 0 saturated heterocycles. The summed E-state index contributed by atoms with van der Waals surface area (Å²) in [4.78, 5) is 5.27. The molecule has 2 nitrogen and oxygen atoms in total. The van der Waals surface area contributed by atoms with Crippen LogP contribution in [0, 0.1) is 35.5 Å². The second-order valence-electron chi connectivity index (χ2n) is 36.5. The molecule has 9 aliphatic carbocycles. The van der Waals surface area contributed by atoms with Crippen molar-refractivity contribution in [1.82, 2.24) is 0 Å². The molecule has 4 unspecified atom stereocenters. The average Bonchev–Trinajstić information content (AvgIpc) is 1.07. The van der Waals surface area contributed by atoms with Gasteiger partial charge in [-0.25, -0.2) is 0 Å². The summed E-state index contributed by atoms with van der Waals surface area (Å²) in [5.41, 5.74) is 33.4. The van der Waals surface area contributed by atoms with E-state index in [-0.39, 0.29) is 37.9 Å². The normalized spacial score (nSPS) is 25.8. The van der Waals surface area contributed by atoms with Gasteiger partial charge in [-0.1, -0.05) is 283 Å². The van der Waals surface area contributed by atoms with Crippen molar-refractivity contribution < 1.29 is 0 Å². The topological polar surface area (TPSA) is 6.48 Å². The van der Waals surface area contributed by atoms with Crippen LogP contribution >= 0.6 is 0 Å². The van der Waals surface area contributed by atoms with Crippen LogP contribution in [0.3, 0.4) is 0 Å². The lowest BCUT2D eigenvalue weighted by atomic mass is 9.43. The number of hydrogen-bond acceptors (Lipinski definition) is 2. The van der Waals surface area contributed by atoms with E-state index in [0.29, 0.717) is 29.6 Å². The van der Waals surface area contributed by atoms with Gasteiger partial charge in [-0.15, -0.1) is 0 Å². The lowest BCUT2D eigenvalue weighted by Crippen LogP contribution is -2.54. The monoisotopic (exact) mass is 1380 g/mol. The van der Waals surface area contributed by atoms with Gasteiger partial charge in [0.2, 0.25) is 0 Å². The minimum Gasteiger partial charge on any atom is -0.310 e. The lowest BCUT2D eigenvalue weighted by molar-refractivity contribution is 0.0488. The average molecular weight is 1380 g/mol. The summed E-state index contributed by atoms with van der Waals surface area (Å²) >= 11 is 0.